The van der Waals surface area contributed by atoms with Crippen molar-refractivity contribution in [1.82, 2.24) is 0 Å². The monoisotopic (exact) mass is 181 g/mol. The summed E-state index contributed by atoms with van der Waals surface area (Å²) in [7, 11) is 0. The first-order chi connectivity index (χ1) is 5.73. The normalized spacial score (nSPS) is 15.4. The van der Waals surface area contributed by atoms with Gasteiger partial charge in [0.1, 0.15) is 0 Å². The van der Waals surface area contributed by atoms with Crippen molar-refractivity contribution in [3.8, 4) is 0 Å². The highest BCUT2D eigenvalue weighted by atomic mass is 14.8. The molecule has 76 valence electrons. The molecule has 0 amide bonds. The fraction of sp³-hybridized carbons (Fsp3) is 0.750. The summed E-state index contributed by atoms with van der Waals surface area (Å²) < 4.78 is 0. The van der Waals surface area contributed by atoms with E-state index in [4.69, 9.17) is 0 Å². The van der Waals surface area contributed by atoms with Crippen molar-refractivity contribution >= 4 is 5.71 Å². The summed E-state index contributed by atoms with van der Waals surface area (Å²) >= 11 is 0. The zero-order chi connectivity index (χ0) is 10.6. The third kappa shape index (κ3) is 5.62. The first-order valence-electron chi connectivity index (χ1n) is 4.96. The molecule has 13 heavy (non-hydrogen) atoms. The average Bonchev–Trinajstić information content (AvgIpc) is 1.82. The van der Waals surface area contributed by atoms with Crippen LogP contribution in [0.15, 0.2) is 16.6 Å². The van der Waals surface area contributed by atoms with E-state index in [2.05, 4.69) is 59.5 Å². The van der Waals surface area contributed by atoms with Crippen LogP contribution in [0.3, 0.4) is 0 Å². The minimum absolute atomic E-state index is 0.258. The molecule has 0 radical (unpaired) electrons. The molecule has 0 saturated carbocycles. The number of aliphatic imine (C=N–C) groups is 1. The standard InChI is InChI=1S/C12H23N/c1-9(2)13-11(4)8-10(3)12(5,6)7/h8-9H,1-7H3/b10-8+,13-11-. The van der Waals surface area contributed by atoms with Crippen molar-refractivity contribution in [2.45, 2.75) is 54.5 Å². The van der Waals surface area contributed by atoms with E-state index in [1.807, 2.05) is 0 Å². The Morgan fingerprint density at radius 3 is 1.92 bits per heavy atom. The number of hydrogen-bond donors (Lipinski definition) is 0. The molecule has 0 aromatic rings. The molecule has 0 fully saturated rings. The summed E-state index contributed by atoms with van der Waals surface area (Å²) in [4.78, 5) is 4.47. The molecule has 0 spiro atoms. The second kappa shape index (κ2) is 4.59. The molecule has 0 atom stereocenters. The molecule has 0 saturated heterocycles. The molecule has 0 unspecified atom stereocenters. The maximum absolute atomic E-state index is 4.47. The molecule has 0 aliphatic carbocycles. The molecular weight excluding hydrogens is 158 g/mol. The summed E-state index contributed by atoms with van der Waals surface area (Å²) in [5.41, 5.74) is 2.77. The van der Waals surface area contributed by atoms with Gasteiger partial charge in [0, 0.05) is 11.8 Å². The van der Waals surface area contributed by atoms with Crippen LogP contribution in [0.1, 0.15) is 48.5 Å². The van der Waals surface area contributed by atoms with Gasteiger partial charge in [0.25, 0.3) is 0 Å². The largest absolute Gasteiger partial charge is 0.287 e. The highest BCUT2D eigenvalue weighted by molar-refractivity contribution is 5.93. The van der Waals surface area contributed by atoms with Crippen molar-refractivity contribution in [2.75, 3.05) is 0 Å². The molecule has 0 rings (SSSR count). The lowest BCUT2D eigenvalue weighted by Gasteiger charge is -2.19. The third-order valence-electron chi connectivity index (χ3n) is 2.07. The molecular formula is C12H23N. The Hall–Kier alpha value is -0.590. The first kappa shape index (κ1) is 12.4. The van der Waals surface area contributed by atoms with Gasteiger partial charge in [-0.1, -0.05) is 26.3 Å². The summed E-state index contributed by atoms with van der Waals surface area (Å²) in [5, 5.41) is 0. The molecule has 0 aromatic heterocycles. The summed E-state index contributed by atoms with van der Waals surface area (Å²) in [6, 6.07) is 0.393. The summed E-state index contributed by atoms with van der Waals surface area (Å²) in [6.07, 6.45) is 2.18. The SMILES string of the molecule is CC(/C=C(\C)C(C)(C)C)=N/C(C)C. The first-order valence-corrected chi connectivity index (χ1v) is 4.96. The van der Waals surface area contributed by atoms with Crippen LogP contribution < -0.4 is 0 Å². The Balaban J connectivity index is 4.58. The quantitative estimate of drug-likeness (QED) is 0.574. The molecule has 0 N–H and O–H groups in total. The van der Waals surface area contributed by atoms with Crippen LogP contribution in [0.5, 0.6) is 0 Å². The van der Waals surface area contributed by atoms with Gasteiger partial charge in [-0.25, -0.2) is 0 Å². The zero-order valence-corrected chi connectivity index (χ0v) is 10.1. The van der Waals surface area contributed by atoms with Gasteiger partial charge < -0.3 is 0 Å². The summed E-state index contributed by atoms with van der Waals surface area (Å²) in [5.74, 6) is 0. The molecule has 0 aromatic carbocycles. The molecule has 1 nitrogen and oxygen atoms in total. The van der Waals surface area contributed by atoms with Gasteiger partial charge >= 0.3 is 0 Å². The van der Waals surface area contributed by atoms with Gasteiger partial charge in [-0.15, -0.1) is 0 Å². The van der Waals surface area contributed by atoms with Crippen LogP contribution >= 0.6 is 0 Å². The molecule has 1 heteroatoms. The Morgan fingerprint density at radius 1 is 1.15 bits per heavy atom. The van der Waals surface area contributed by atoms with E-state index in [0.717, 1.165) is 5.71 Å². The molecule has 0 aliphatic rings. The van der Waals surface area contributed by atoms with E-state index >= 15 is 0 Å². The lowest BCUT2D eigenvalue weighted by Crippen LogP contribution is -2.08. The summed E-state index contributed by atoms with van der Waals surface area (Å²) in [6.45, 7) is 15.1. The third-order valence-corrected chi connectivity index (χ3v) is 2.07. The fourth-order valence-electron chi connectivity index (χ4n) is 0.974. The number of hydrogen-bond acceptors (Lipinski definition) is 1. The van der Waals surface area contributed by atoms with E-state index in [9.17, 15) is 0 Å². The average molecular weight is 181 g/mol. The van der Waals surface area contributed by atoms with Crippen molar-refractivity contribution in [2.24, 2.45) is 10.4 Å². The second-order valence-electron chi connectivity index (χ2n) is 4.94. The Morgan fingerprint density at radius 2 is 1.62 bits per heavy atom. The van der Waals surface area contributed by atoms with Gasteiger partial charge in [-0.2, -0.15) is 0 Å². The van der Waals surface area contributed by atoms with E-state index in [1.165, 1.54) is 5.57 Å². The van der Waals surface area contributed by atoms with Gasteiger partial charge in [0.2, 0.25) is 0 Å². The van der Waals surface area contributed by atoms with Crippen molar-refractivity contribution in [1.29, 1.82) is 0 Å². The Labute approximate surface area is 83.0 Å². The van der Waals surface area contributed by atoms with Crippen molar-refractivity contribution in [3.63, 3.8) is 0 Å². The van der Waals surface area contributed by atoms with Crippen LogP contribution in [-0.2, 0) is 0 Å². The van der Waals surface area contributed by atoms with Crippen LogP contribution in [0, 0.1) is 5.41 Å². The van der Waals surface area contributed by atoms with Gasteiger partial charge in [0.15, 0.2) is 0 Å². The minimum Gasteiger partial charge on any atom is -0.287 e. The minimum atomic E-state index is 0.258. The number of rotatable bonds is 2. The Bertz CT molecular complexity index is 214. The van der Waals surface area contributed by atoms with E-state index in [1.54, 1.807) is 0 Å². The molecule has 0 aliphatic heterocycles. The topological polar surface area (TPSA) is 12.4 Å². The zero-order valence-electron chi connectivity index (χ0n) is 10.1. The number of nitrogens with zero attached hydrogens (tertiary/aromatic N) is 1. The highest BCUT2D eigenvalue weighted by Gasteiger charge is 2.12. The van der Waals surface area contributed by atoms with Crippen LogP contribution in [-0.4, -0.2) is 11.8 Å². The van der Waals surface area contributed by atoms with E-state index < -0.39 is 0 Å². The predicted octanol–water partition coefficient (Wildman–Crippen LogP) is 3.85. The second-order valence-corrected chi connectivity index (χ2v) is 4.94. The van der Waals surface area contributed by atoms with Crippen LogP contribution in [0.4, 0.5) is 0 Å². The van der Waals surface area contributed by atoms with Gasteiger partial charge in [-0.05, 0) is 39.2 Å². The van der Waals surface area contributed by atoms with Gasteiger partial charge in [-0.3, -0.25) is 4.99 Å². The van der Waals surface area contributed by atoms with E-state index in [-0.39, 0.29) is 5.41 Å². The fourth-order valence-corrected chi connectivity index (χ4v) is 0.974. The lowest BCUT2D eigenvalue weighted by atomic mass is 9.87. The lowest BCUT2D eigenvalue weighted by molar-refractivity contribution is 0.504. The maximum Gasteiger partial charge on any atom is 0.0446 e. The van der Waals surface area contributed by atoms with Crippen LogP contribution in [0.25, 0.3) is 0 Å². The smallest absolute Gasteiger partial charge is 0.0446 e. The molecule has 0 heterocycles. The Kier molecular flexibility index (Phi) is 4.38. The highest BCUT2D eigenvalue weighted by Crippen LogP contribution is 2.24. The molecule has 0 bridgehead atoms. The van der Waals surface area contributed by atoms with Crippen molar-refractivity contribution < 1.29 is 0 Å². The predicted molar refractivity (Wildman–Crippen MR) is 61.5 cm³/mol. The van der Waals surface area contributed by atoms with Gasteiger partial charge in [0.05, 0.1) is 0 Å². The number of allylic oxidation sites excluding steroid dienone is 2. The van der Waals surface area contributed by atoms with Crippen LogP contribution in [0.2, 0.25) is 0 Å². The maximum atomic E-state index is 4.47. The van der Waals surface area contributed by atoms with E-state index in [0.29, 0.717) is 6.04 Å². The van der Waals surface area contributed by atoms with Crippen molar-refractivity contribution in [3.05, 3.63) is 11.6 Å².